The number of rotatable bonds is 5. The van der Waals surface area contributed by atoms with E-state index in [1.165, 1.54) is 25.7 Å². The van der Waals surface area contributed by atoms with Crippen LogP contribution < -0.4 is 10.2 Å². The molecular formula is C19H23ClF3N3O. The lowest BCUT2D eigenvalue weighted by molar-refractivity contribution is -0.137. The standard InChI is InChI=1S/C19H23ClF3N3O/c20-15-9-14(19(21,22)23)10-24-17(15)26-7-5-13(6-8-26)18(27)25-16(11-1-2-11)12-3-4-12/h9-13,16H,1-8H2,(H,25,27). The van der Waals surface area contributed by atoms with Crippen molar-refractivity contribution in [2.45, 2.75) is 50.7 Å². The summed E-state index contributed by atoms with van der Waals surface area (Å²) in [5, 5.41) is 3.27. The number of alkyl halides is 3. The maximum atomic E-state index is 12.8. The molecule has 1 N–H and O–H groups in total. The summed E-state index contributed by atoms with van der Waals surface area (Å²) >= 11 is 6.04. The first-order valence-electron chi connectivity index (χ1n) is 9.61. The molecule has 0 spiro atoms. The van der Waals surface area contributed by atoms with Gasteiger partial charge in [0.2, 0.25) is 5.91 Å². The van der Waals surface area contributed by atoms with Gasteiger partial charge in [-0.1, -0.05) is 11.6 Å². The van der Waals surface area contributed by atoms with Crippen LogP contribution >= 0.6 is 11.6 Å². The predicted molar refractivity (Wildman–Crippen MR) is 96.6 cm³/mol. The maximum Gasteiger partial charge on any atom is 0.417 e. The molecule has 0 radical (unpaired) electrons. The fourth-order valence-corrected chi connectivity index (χ4v) is 4.27. The Morgan fingerprint density at radius 2 is 1.74 bits per heavy atom. The Labute approximate surface area is 161 Å². The van der Waals surface area contributed by atoms with Crippen molar-refractivity contribution in [3.05, 3.63) is 22.8 Å². The van der Waals surface area contributed by atoms with Crippen molar-refractivity contribution in [2.24, 2.45) is 17.8 Å². The Kier molecular flexibility index (Phi) is 4.99. The van der Waals surface area contributed by atoms with E-state index in [0.717, 1.165) is 12.3 Å². The summed E-state index contributed by atoms with van der Waals surface area (Å²) in [6.45, 7) is 1.13. The first-order chi connectivity index (χ1) is 12.8. The molecule has 2 aliphatic carbocycles. The van der Waals surface area contributed by atoms with Crippen LogP contribution in [0.1, 0.15) is 44.1 Å². The Balaban J connectivity index is 1.34. The second kappa shape index (κ2) is 7.15. The third kappa shape index (κ3) is 4.33. The summed E-state index contributed by atoms with van der Waals surface area (Å²) in [6, 6.07) is 1.26. The van der Waals surface area contributed by atoms with Crippen LogP contribution in [0.2, 0.25) is 5.02 Å². The summed E-state index contributed by atoms with van der Waals surface area (Å²) in [5.41, 5.74) is -0.850. The van der Waals surface area contributed by atoms with Gasteiger partial charge in [-0.15, -0.1) is 0 Å². The lowest BCUT2D eigenvalue weighted by atomic mass is 9.94. The predicted octanol–water partition coefficient (Wildman–Crippen LogP) is 4.28. The van der Waals surface area contributed by atoms with Gasteiger partial charge in [-0.2, -0.15) is 13.2 Å². The van der Waals surface area contributed by atoms with E-state index in [0.29, 0.717) is 49.6 Å². The zero-order chi connectivity index (χ0) is 19.2. The van der Waals surface area contributed by atoms with Crippen molar-refractivity contribution in [2.75, 3.05) is 18.0 Å². The third-order valence-corrected chi connectivity index (χ3v) is 6.16. The monoisotopic (exact) mass is 401 g/mol. The molecule has 1 aliphatic heterocycles. The van der Waals surface area contributed by atoms with Crippen molar-refractivity contribution < 1.29 is 18.0 Å². The van der Waals surface area contributed by atoms with Gasteiger partial charge >= 0.3 is 6.18 Å². The second-order valence-corrected chi connectivity index (χ2v) is 8.40. The van der Waals surface area contributed by atoms with Crippen molar-refractivity contribution in [1.29, 1.82) is 0 Å². The van der Waals surface area contributed by atoms with E-state index in [1.807, 2.05) is 4.90 Å². The molecule has 8 heteroatoms. The molecule has 148 valence electrons. The van der Waals surface area contributed by atoms with Gasteiger partial charge in [0, 0.05) is 31.2 Å². The molecule has 4 rings (SSSR count). The van der Waals surface area contributed by atoms with Crippen LogP contribution in [0.3, 0.4) is 0 Å². The molecule has 3 fully saturated rings. The van der Waals surface area contributed by atoms with Gasteiger partial charge in [0.25, 0.3) is 0 Å². The van der Waals surface area contributed by atoms with Gasteiger partial charge in [0.15, 0.2) is 0 Å². The van der Waals surface area contributed by atoms with E-state index < -0.39 is 11.7 Å². The number of nitrogens with zero attached hydrogens (tertiary/aromatic N) is 2. The van der Waals surface area contributed by atoms with Crippen LogP contribution in [0, 0.1) is 17.8 Å². The number of anilines is 1. The molecular weight excluding hydrogens is 379 g/mol. The second-order valence-electron chi connectivity index (χ2n) is 8.00. The highest BCUT2D eigenvalue weighted by Crippen LogP contribution is 2.44. The van der Waals surface area contributed by atoms with Gasteiger partial charge in [-0.3, -0.25) is 4.79 Å². The topological polar surface area (TPSA) is 45.2 Å². The van der Waals surface area contributed by atoms with Crippen LogP contribution in [-0.4, -0.2) is 30.0 Å². The SMILES string of the molecule is O=C(NC(C1CC1)C1CC1)C1CCN(c2ncc(C(F)(F)F)cc2Cl)CC1. The minimum Gasteiger partial charge on any atom is -0.355 e. The lowest BCUT2D eigenvalue weighted by Crippen LogP contribution is -2.45. The lowest BCUT2D eigenvalue weighted by Gasteiger charge is -2.33. The molecule has 0 unspecified atom stereocenters. The highest BCUT2D eigenvalue weighted by molar-refractivity contribution is 6.33. The molecule has 3 aliphatic rings. The van der Waals surface area contributed by atoms with Crippen LogP contribution in [0.15, 0.2) is 12.3 Å². The molecule has 2 heterocycles. The molecule has 1 saturated heterocycles. The van der Waals surface area contributed by atoms with Crippen molar-refractivity contribution >= 4 is 23.3 Å². The number of nitrogens with one attached hydrogen (secondary N) is 1. The third-order valence-electron chi connectivity index (χ3n) is 5.88. The number of carbonyl (C=O) groups excluding carboxylic acids is 1. The smallest absolute Gasteiger partial charge is 0.355 e. The number of aromatic nitrogens is 1. The molecule has 2 saturated carbocycles. The molecule has 0 bridgehead atoms. The van der Waals surface area contributed by atoms with Crippen molar-refractivity contribution in [1.82, 2.24) is 10.3 Å². The largest absolute Gasteiger partial charge is 0.417 e. The Morgan fingerprint density at radius 1 is 1.15 bits per heavy atom. The van der Waals surface area contributed by atoms with E-state index >= 15 is 0 Å². The van der Waals surface area contributed by atoms with Gasteiger partial charge in [0.05, 0.1) is 10.6 Å². The van der Waals surface area contributed by atoms with E-state index in [-0.39, 0.29) is 16.8 Å². The fourth-order valence-electron chi connectivity index (χ4n) is 3.99. The number of piperidine rings is 1. The quantitative estimate of drug-likeness (QED) is 0.801. The minimum atomic E-state index is -4.46. The minimum absolute atomic E-state index is 0.00439. The molecule has 27 heavy (non-hydrogen) atoms. The van der Waals surface area contributed by atoms with Crippen LogP contribution in [0.4, 0.5) is 19.0 Å². The van der Waals surface area contributed by atoms with E-state index in [1.54, 1.807) is 0 Å². The Hall–Kier alpha value is -1.50. The first-order valence-corrected chi connectivity index (χ1v) is 9.99. The number of halogens is 4. The zero-order valence-corrected chi connectivity index (χ0v) is 15.7. The van der Waals surface area contributed by atoms with E-state index in [4.69, 9.17) is 11.6 Å². The van der Waals surface area contributed by atoms with E-state index in [2.05, 4.69) is 10.3 Å². The summed E-state index contributed by atoms with van der Waals surface area (Å²) in [7, 11) is 0. The highest BCUT2D eigenvalue weighted by atomic mass is 35.5. The van der Waals surface area contributed by atoms with Crippen molar-refractivity contribution in [3.8, 4) is 0 Å². The summed E-state index contributed by atoms with van der Waals surface area (Å²) in [5.74, 6) is 1.77. The Morgan fingerprint density at radius 3 is 2.22 bits per heavy atom. The van der Waals surface area contributed by atoms with Gasteiger partial charge in [-0.05, 0) is 56.4 Å². The molecule has 1 amide bonds. The number of hydrogen-bond donors (Lipinski definition) is 1. The number of hydrogen-bond acceptors (Lipinski definition) is 3. The maximum absolute atomic E-state index is 12.8. The van der Waals surface area contributed by atoms with Crippen LogP contribution in [0.5, 0.6) is 0 Å². The van der Waals surface area contributed by atoms with Gasteiger partial charge < -0.3 is 10.2 Å². The van der Waals surface area contributed by atoms with Crippen molar-refractivity contribution in [3.63, 3.8) is 0 Å². The Bertz CT molecular complexity index is 699. The molecule has 4 nitrogen and oxygen atoms in total. The van der Waals surface area contributed by atoms with Gasteiger partial charge in [0.1, 0.15) is 5.82 Å². The van der Waals surface area contributed by atoms with Crippen LogP contribution in [0.25, 0.3) is 0 Å². The summed E-state index contributed by atoms with van der Waals surface area (Å²) < 4.78 is 38.3. The van der Waals surface area contributed by atoms with E-state index in [9.17, 15) is 18.0 Å². The highest BCUT2D eigenvalue weighted by Gasteiger charge is 2.43. The van der Waals surface area contributed by atoms with Gasteiger partial charge in [-0.25, -0.2) is 4.98 Å². The summed E-state index contributed by atoms with van der Waals surface area (Å²) in [6.07, 6.45) is 2.56. The molecule has 0 aromatic carbocycles. The van der Waals surface area contributed by atoms with Crippen LogP contribution in [-0.2, 0) is 11.0 Å². The molecule has 1 aromatic rings. The molecule has 1 aromatic heterocycles. The number of amides is 1. The average Bonchev–Trinajstić information content (AvgIpc) is 3.53. The zero-order valence-electron chi connectivity index (χ0n) is 14.9. The number of carbonyl (C=O) groups is 1. The molecule has 0 atom stereocenters. The fraction of sp³-hybridized carbons (Fsp3) is 0.684. The summed E-state index contributed by atoms with van der Waals surface area (Å²) in [4.78, 5) is 18.4. The average molecular weight is 402 g/mol. The first kappa shape index (κ1) is 18.8. The number of pyridine rings is 1. The normalized spacial score (nSPS) is 21.6.